The van der Waals surface area contributed by atoms with Crippen molar-refractivity contribution < 1.29 is 9.53 Å². The van der Waals surface area contributed by atoms with E-state index in [4.69, 9.17) is 4.74 Å². The maximum atomic E-state index is 12.2. The zero-order valence-corrected chi connectivity index (χ0v) is 11.7. The molecule has 1 amide bonds. The van der Waals surface area contributed by atoms with E-state index in [0.717, 1.165) is 52.2 Å². The normalized spacial score (nSPS) is 24.0. The molecule has 5 heteroatoms. The second kappa shape index (κ2) is 6.33. The molecule has 0 spiro atoms. The molecule has 2 saturated heterocycles. The summed E-state index contributed by atoms with van der Waals surface area (Å²) in [6, 6.07) is 4.09. The van der Waals surface area contributed by atoms with Crippen LogP contribution in [0.2, 0.25) is 0 Å². The van der Waals surface area contributed by atoms with Gasteiger partial charge in [0.2, 0.25) is 0 Å². The minimum atomic E-state index is -0.179. The largest absolute Gasteiger partial charge is 0.368 e. The number of amides is 1. The Morgan fingerprint density at radius 2 is 2.00 bits per heavy atom. The maximum Gasteiger partial charge on any atom is 0.251 e. The van der Waals surface area contributed by atoms with Gasteiger partial charge in [-0.2, -0.15) is 0 Å². The number of rotatable bonds is 3. The molecule has 0 aromatic carbocycles. The van der Waals surface area contributed by atoms with Gasteiger partial charge in [-0.3, -0.25) is 14.7 Å². The summed E-state index contributed by atoms with van der Waals surface area (Å²) >= 11 is 0. The van der Waals surface area contributed by atoms with Crippen LogP contribution in [0.25, 0.3) is 0 Å². The summed E-state index contributed by atoms with van der Waals surface area (Å²) in [7, 11) is 0. The van der Waals surface area contributed by atoms with Crippen LogP contribution in [-0.4, -0.2) is 59.6 Å². The molecule has 1 aromatic rings. The van der Waals surface area contributed by atoms with Gasteiger partial charge in [-0.25, -0.2) is 0 Å². The standard InChI is InChI=1S/C15H21N3O2/c19-15(14-2-1-11-20-14)18-9-7-17(8-10-18)12-13-3-5-16-6-4-13/h3-6,14H,1-2,7-12H2/t14-/m1/s1. The summed E-state index contributed by atoms with van der Waals surface area (Å²) in [4.78, 5) is 20.6. The van der Waals surface area contributed by atoms with Crippen molar-refractivity contribution in [2.45, 2.75) is 25.5 Å². The van der Waals surface area contributed by atoms with Gasteiger partial charge in [0.1, 0.15) is 6.10 Å². The van der Waals surface area contributed by atoms with Gasteiger partial charge in [-0.1, -0.05) is 0 Å². The van der Waals surface area contributed by atoms with E-state index in [1.807, 2.05) is 29.4 Å². The average Bonchev–Trinajstić information content (AvgIpc) is 3.03. The summed E-state index contributed by atoms with van der Waals surface area (Å²) in [5, 5.41) is 0. The Kier molecular flexibility index (Phi) is 4.28. The number of aromatic nitrogens is 1. The molecule has 3 heterocycles. The van der Waals surface area contributed by atoms with Gasteiger partial charge in [0.25, 0.3) is 5.91 Å². The van der Waals surface area contributed by atoms with E-state index in [-0.39, 0.29) is 12.0 Å². The number of carbonyl (C=O) groups excluding carboxylic acids is 1. The number of carbonyl (C=O) groups is 1. The zero-order valence-electron chi connectivity index (χ0n) is 11.7. The van der Waals surface area contributed by atoms with Crippen LogP contribution in [0.4, 0.5) is 0 Å². The van der Waals surface area contributed by atoms with Crippen LogP contribution >= 0.6 is 0 Å². The molecule has 1 atom stereocenters. The summed E-state index contributed by atoms with van der Waals surface area (Å²) in [6.07, 6.45) is 5.37. The van der Waals surface area contributed by atoms with Gasteiger partial charge in [0.05, 0.1) is 0 Å². The summed E-state index contributed by atoms with van der Waals surface area (Å²) in [6.45, 7) is 5.15. The van der Waals surface area contributed by atoms with Gasteiger partial charge in [0.15, 0.2) is 0 Å². The van der Waals surface area contributed by atoms with Crippen LogP contribution in [-0.2, 0) is 16.1 Å². The van der Waals surface area contributed by atoms with E-state index < -0.39 is 0 Å². The molecule has 0 radical (unpaired) electrons. The minimum Gasteiger partial charge on any atom is -0.368 e. The second-order valence-corrected chi connectivity index (χ2v) is 5.46. The van der Waals surface area contributed by atoms with Gasteiger partial charge in [-0.05, 0) is 30.5 Å². The van der Waals surface area contributed by atoms with Crippen LogP contribution in [0.15, 0.2) is 24.5 Å². The van der Waals surface area contributed by atoms with Crippen molar-refractivity contribution >= 4 is 5.91 Å². The third-order valence-electron chi connectivity index (χ3n) is 4.04. The number of pyridine rings is 1. The fourth-order valence-electron chi connectivity index (χ4n) is 2.85. The first-order chi connectivity index (χ1) is 9.83. The van der Waals surface area contributed by atoms with Gasteiger partial charge >= 0.3 is 0 Å². The van der Waals surface area contributed by atoms with Crippen molar-refractivity contribution in [2.24, 2.45) is 0 Å². The van der Waals surface area contributed by atoms with E-state index in [0.29, 0.717) is 0 Å². The molecule has 5 nitrogen and oxygen atoms in total. The Hall–Kier alpha value is -1.46. The van der Waals surface area contributed by atoms with Crippen molar-refractivity contribution in [1.29, 1.82) is 0 Å². The molecule has 2 fully saturated rings. The van der Waals surface area contributed by atoms with Crippen molar-refractivity contribution in [3.8, 4) is 0 Å². The molecular formula is C15H21N3O2. The minimum absolute atomic E-state index is 0.179. The smallest absolute Gasteiger partial charge is 0.251 e. The Morgan fingerprint density at radius 1 is 1.25 bits per heavy atom. The fraction of sp³-hybridized carbons (Fsp3) is 0.600. The SMILES string of the molecule is O=C([C@H]1CCCO1)N1CCN(Cc2ccncc2)CC1. The zero-order chi connectivity index (χ0) is 13.8. The lowest BCUT2D eigenvalue weighted by molar-refractivity contribution is -0.142. The highest BCUT2D eigenvalue weighted by Crippen LogP contribution is 2.16. The van der Waals surface area contributed by atoms with Crippen molar-refractivity contribution in [1.82, 2.24) is 14.8 Å². The molecule has 0 saturated carbocycles. The molecule has 0 aliphatic carbocycles. The number of hydrogen-bond donors (Lipinski definition) is 0. The van der Waals surface area contributed by atoms with E-state index in [1.165, 1.54) is 5.56 Å². The highest BCUT2D eigenvalue weighted by atomic mass is 16.5. The Morgan fingerprint density at radius 3 is 2.65 bits per heavy atom. The quantitative estimate of drug-likeness (QED) is 0.822. The maximum absolute atomic E-state index is 12.2. The summed E-state index contributed by atoms with van der Waals surface area (Å²) < 4.78 is 5.48. The fourth-order valence-corrected chi connectivity index (χ4v) is 2.85. The van der Waals surface area contributed by atoms with Crippen LogP contribution in [0.3, 0.4) is 0 Å². The van der Waals surface area contributed by atoms with Crippen molar-refractivity contribution in [2.75, 3.05) is 32.8 Å². The van der Waals surface area contributed by atoms with Gasteiger partial charge in [-0.15, -0.1) is 0 Å². The molecule has 2 aliphatic heterocycles. The average molecular weight is 275 g/mol. The second-order valence-electron chi connectivity index (χ2n) is 5.46. The van der Waals surface area contributed by atoms with Gasteiger partial charge < -0.3 is 9.64 Å². The summed E-state index contributed by atoms with van der Waals surface area (Å²) in [5.41, 5.74) is 1.28. The predicted octanol–water partition coefficient (Wildman–Crippen LogP) is 0.905. The summed E-state index contributed by atoms with van der Waals surface area (Å²) in [5.74, 6) is 0.186. The van der Waals surface area contributed by atoms with E-state index >= 15 is 0 Å². The molecule has 20 heavy (non-hydrogen) atoms. The van der Waals surface area contributed by atoms with Crippen LogP contribution < -0.4 is 0 Å². The van der Waals surface area contributed by atoms with Crippen molar-refractivity contribution in [3.63, 3.8) is 0 Å². The van der Waals surface area contributed by atoms with E-state index in [9.17, 15) is 4.79 Å². The molecule has 0 N–H and O–H groups in total. The van der Waals surface area contributed by atoms with Crippen LogP contribution in [0, 0.1) is 0 Å². The Labute approximate surface area is 119 Å². The lowest BCUT2D eigenvalue weighted by atomic mass is 10.2. The van der Waals surface area contributed by atoms with E-state index in [2.05, 4.69) is 9.88 Å². The number of piperazine rings is 1. The molecule has 1 aromatic heterocycles. The molecule has 2 aliphatic rings. The van der Waals surface area contributed by atoms with Crippen LogP contribution in [0.1, 0.15) is 18.4 Å². The van der Waals surface area contributed by atoms with Crippen molar-refractivity contribution in [3.05, 3.63) is 30.1 Å². The predicted molar refractivity (Wildman–Crippen MR) is 75.1 cm³/mol. The third-order valence-corrected chi connectivity index (χ3v) is 4.04. The van der Waals surface area contributed by atoms with Crippen LogP contribution in [0.5, 0.6) is 0 Å². The molecule has 0 unspecified atom stereocenters. The number of ether oxygens (including phenoxy) is 1. The molecule has 0 bridgehead atoms. The number of nitrogens with zero attached hydrogens (tertiary/aromatic N) is 3. The highest BCUT2D eigenvalue weighted by Gasteiger charge is 2.30. The lowest BCUT2D eigenvalue weighted by Gasteiger charge is -2.35. The highest BCUT2D eigenvalue weighted by molar-refractivity contribution is 5.81. The van der Waals surface area contributed by atoms with E-state index in [1.54, 1.807) is 0 Å². The first-order valence-corrected chi connectivity index (χ1v) is 7.34. The first kappa shape index (κ1) is 13.5. The Balaban J connectivity index is 1.48. The topological polar surface area (TPSA) is 45.7 Å². The van der Waals surface area contributed by atoms with Gasteiger partial charge in [0, 0.05) is 51.7 Å². The third kappa shape index (κ3) is 3.16. The Bertz CT molecular complexity index is 438. The molecule has 108 valence electrons. The molecular weight excluding hydrogens is 254 g/mol. The lowest BCUT2D eigenvalue weighted by Crippen LogP contribution is -2.51. The molecule has 3 rings (SSSR count). The monoisotopic (exact) mass is 275 g/mol. The first-order valence-electron chi connectivity index (χ1n) is 7.34. The number of hydrogen-bond acceptors (Lipinski definition) is 4.